The van der Waals surface area contributed by atoms with Crippen molar-refractivity contribution in [2.24, 2.45) is 7.05 Å². The fourth-order valence-corrected chi connectivity index (χ4v) is 3.48. The monoisotopic (exact) mass is 357 g/mol. The molecule has 1 aliphatic heterocycles. The van der Waals surface area contributed by atoms with Gasteiger partial charge < -0.3 is 10.3 Å². The van der Waals surface area contributed by atoms with Crippen molar-refractivity contribution in [2.45, 2.75) is 46.2 Å². The van der Waals surface area contributed by atoms with Gasteiger partial charge in [-0.1, -0.05) is 6.42 Å². The first kappa shape index (κ1) is 18.4. The lowest BCUT2D eigenvalue weighted by atomic mass is 10.1. The summed E-state index contributed by atoms with van der Waals surface area (Å²) in [5, 5.41) is 7.17. The average molecular weight is 357 g/mol. The first-order valence-corrected chi connectivity index (χ1v) is 9.17. The molecule has 140 valence electrons. The van der Waals surface area contributed by atoms with Crippen LogP contribution in [0.1, 0.15) is 52.3 Å². The van der Waals surface area contributed by atoms with Crippen LogP contribution in [-0.4, -0.2) is 38.7 Å². The quantitative estimate of drug-likeness (QED) is 0.852. The van der Waals surface area contributed by atoms with E-state index in [0.717, 1.165) is 42.3 Å². The van der Waals surface area contributed by atoms with E-state index < -0.39 is 0 Å². The Hall–Kier alpha value is -2.41. The lowest BCUT2D eigenvalue weighted by molar-refractivity contribution is 0.0949. The third-order valence-corrected chi connectivity index (χ3v) is 5.14. The molecule has 0 atom stereocenters. The van der Waals surface area contributed by atoms with E-state index >= 15 is 0 Å². The maximum Gasteiger partial charge on any atom is 0.261 e. The number of nitrogens with one attached hydrogen (secondary N) is 2. The van der Waals surface area contributed by atoms with Gasteiger partial charge in [-0.25, -0.2) is 0 Å². The number of aryl methyl sites for hydroxylation is 2. The Balaban J connectivity index is 1.64. The van der Waals surface area contributed by atoms with Gasteiger partial charge >= 0.3 is 0 Å². The largest absolute Gasteiger partial charge is 0.348 e. The number of carbonyl (C=O) groups excluding carboxylic acids is 1. The van der Waals surface area contributed by atoms with E-state index in [1.165, 1.54) is 19.3 Å². The first-order chi connectivity index (χ1) is 12.5. The van der Waals surface area contributed by atoms with Crippen LogP contribution < -0.4 is 10.9 Å². The summed E-state index contributed by atoms with van der Waals surface area (Å²) in [6.07, 6.45) is 3.69. The first-order valence-electron chi connectivity index (χ1n) is 9.17. The second-order valence-electron chi connectivity index (χ2n) is 7.02. The third-order valence-electron chi connectivity index (χ3n) is 5.14. The van der Waals surface area contributed by atoms with Gasteiger partial charge in [0.15, 0.2) is 0 Å². The van der Waals surface area contributed by atoms with E-state index in [4.69, 9.17) is 0 Å². The number of aromatic amines is 1. The number of pyridine rings is 1. The standard InChI is InChI=1S/C19H27N5O2/c1-13-17(14(2)23(3)22-13)11-20-18(25)16-8-7-15(21-19(16)26)12-24-9-5-4-6-10-24/h7-8H,4-6,9-12H2,1-3H3,(H,20,25)(H,21,26). The summed E-state index contributed by atoms with van der Waals surface area (Å²) in [5.41, 5.74) is 3.54. The molecular formula is C19H27N5O2. The second-order valence-corrected chi connectivity index (χ2v) is 7.02. The van der Waals surface area contributed by atoms with Gasteiger partial charge in [0, 0.05) is 37.1 Å². The molecule has 0 saturated carbocycles. The molecule has 2 aromatic rings. The predicted molar refractivity (Wildman–Crippen MR) is 100 cm³/mol. The summed E-state index contributed by atoms with van der Waals surface area (Å²) < 4.78 is 1.79. The van der Waals surface area contributed by atoms with Crippen LogP contribution in [0.5, 0.6) is 0 Å². The van der Waals surface area contributed by atoms with Gasteiger partial charge in [-0.15, -0.1) is 0 Å². The number of H-pyrrole nitrogens is 1. The predicted octanol–water partition coefficient (Wildman–Crippen LogP) is 1.64. The highest BCUT2D eigenvalue weighted by Gasteiger charge is 2.15. The van der Waals surface area contributed by atoms with Gasteiger partial charge in [0.05, 0.1) is 5.69 Å². The molecule has 1 amide bonds. The van der Waals surface area contributed by atoms with Crippen LogP contribution in [0.2, 0.25) is 0 Å². The van der Waals surface area contributed by atoms with Gasteiger partial charge in [-0.3, -0.25) is 19.2 Å². The topological polar surface area (TPSA) is 83.0 Å². The molecule has 3 heterocycles. The minimum Gasteiger partial charge on any atom is -0.348 e. The Morgan fingerprint density at radius 1 is 1.23 bits per heavy atom. The molecule has 1 fully saturated rings. The van der Waals surface area contributed by atoms with Crippen LogP contribution >= 0.6 is 0 Å². The molecule has 0 aromatic carbocycles. The summed E-state index contributed by atoms with van der Waals surface area (Å²) in [4.78, 5) is 29.9. The lowest BCUT2D eigenvalue weighted by Gasteiger charge is -2.26. The summed E-state index contributed by atoms with van der Waals surface area (Å²) in [6, 6.07) is 3.46. The molecule has 26 heavy (non-hydrogen) atoms. The van der Waals surface area contributed by atoms with E-state index in [-0.39, 0.29) is 17.0 Å². The zero-order valence-corrected chi connectivity index (χ0v) is 15.8. The summed E-state index contributed by atoms with van der Waals surface area (Å²) in [5.74, 6) is -0.363. The Morgan fingerprint density at radius 3 is 2.58 bits per heavy atom. The number of piperidine rings is 1. The van der Waals surface area contributed by atoms with Crippen molar-refractivity contribution in [3.05, 3.63) is 50.7 Å². The van der Waals surface area contributed by atoms with Crippen molar-refractivity contribution in [2.75, 3.05) is 13.1 Å². The zero-order chi connectivity index (χ0) is 18.7. The van der Waals surface area contributed by atoms with E-state index in [1.807, 2.05) is 27.0 Å². The van der Waals surface area contributed by atoms with Crippen molar-refractivity contribution in [3.8, 4) is 0 Å². The molecule has 0 radical (unpaired) electrons. The second kappa shape index (κ2) is 7.86. The maximum absolute atomic E-state index is 12.4. The summed E-state index contributed by atoms with van der Waals surface area (Å²) in [6.45, 7) is 7.09. The number of aromatic nitrogens is 3. The van der Waals surface area contributed by atoms with Crippen molar-refractivity contribution in [3.63, 3.8) is 0 Å². The third kappa shape index (κ3) is 4.04. The normalized spacial score (nSPS) is 15.2. The minimum atomic E-state index is -0.363. The summed E-state index contributed by atoms with van der Waals surface area (Å²) >= 11 is 0. The number of amides is 1. The van der Waals surface area contributed by atoms with Crippen molar-refractivity contribution < 1.29 is 4.79 Å². The van der Waals surface area contributed by atoms with Crippen LogP contribution in [0.4, 0.5) is 0 Å². The van der Waals surface area contributed by atoms with Gasteiger partial charge in [0.25, 0.3) is 11.5 Å². The lowest BCUT2D eigenvalue weighted by Crippen LogP contribution is -2.32. The van der Waals surface area contributed by atoms with Gasteiger partial charge in [-0.2, -0.15) is 5.10 Å². The highest BCUT2D eigenvalue weighted by Crippen LogP contribution is 2.12. The van der Waals surface area contributed by atoms with E-state index in [9.17, 15) is 9.59 Å². The highest BCUT2D eigenvalue weighted by atomic mass is 16.2. The Bertz CT molecular complexity index is 846. The fraction of sp³-hybridized carbons (Fsp3) is 0.526. The highest BCUT2D eigenvalue weighted by molar-refractivity contribution is 5.93. The molecule has 0 unspecified atom stereocenters. The number of likely N-dealkylation sites (tertiary alicyclic amines) is 1. The van der Waals surface area contributed by atoms with Gasteiger partial charge in [0.1, 0.15) is 5.56 Å². The summed E-state index contributed by atoms with van der Waals surface area (Å²) in [7, 11) is 1.87. The molecule has 0 aliphatic carbocycles. The van der Waals surface area contributed by atoms with Crippen LogP contribution in [0, 0.1) is 13.8 Å². The number of hydrogen-bond donors (Lipinski definition) is 2. The molecule has 1 aliphatic rings. The van der Waals surface area contributed by atoms with Crippen molar-refractivity contribution in [1.82, 2.24) is 25.0 Å². The molecule has 1 saturated heterocycles. The Kier molecular flexibility index (Phi) is 5.56. The number of nitrogens with zero attached hydrogens (tertiary/aromatic N) is 3. The van der Waals surface area contributed by atoms with Crippen LogP contribution in [0.15, 0.2) is 16.9 Å². The molecule has 7 nitrogen and oxygen atoms in total. The minimum absolute atomic E-state index is 0.145. The van der Waals surface area contributed by atoms with Crippen LogP contribution in [0.25, 0.3) is 0 Å². The number of carbonyl (C=O) groups is 1. The van der Waals surface area contributed by atoms with Crippen molar-refractivity contribution in [1.29, 1.82) is 0 Å². The molecule has 2 aromatic heterocycles. The van der Waals surface area contributed by atoms with Crippen LogP contribution in [0.3, 0.4) is 0 Å². The maximum atomic E-state index is 12.4. The van der Waals surface area contributed by atoms with Crippen molar-refractivity contribution >= 4 is 5.91 Å². The molecule has 3 rings (SSSR count). The molecule has 7 heteroatoms. The average Bonchev–Trinajstić information content (AvgIpc) is 2.86. The fourth-order valence-electron chi connectivity index (χ4n) is 3.48. The Morgan fingerprint density at radius 2 is 1.96 bits per heavy atom. The molecule has 0 bridgehead atoms. The van der Waals surface area contributed by atoms with Crippen LogP contribution in [-0.2, 0) is 20.1 Å². The van der Waals surface area contributed by atoms with Gasteiger partial charge in [-0.05, 0) is 51.9 Å². The number of hydrogen-bond acceptors (Lipinski definition) is 4. The zero-order valence-electron chi connectivity index (χ0n) is 15.8. The van der Waals surface area contributed by atoms with E-state index in [1.54, 1.807) is 10.7 Å². The molecule has 2 N–H and O–H groups in total. The van der Waals surface area contributed by atoms with E-state index in [2.05, 4.69) is 20.3 Å². The SMILES string of the molecule is Cc1nn(C)c(C)c1CNC(=O)c1ccc(CN2CCCCC2)[nH]c1=O. The van der Waals surface area contributed by atoms with Gasteiger partial charge in [0.2, 0.25) is 0 Å². The molecule has 0 spiro atoms. The smallest absolute Gasteiger partial charge is 0.261 e. The number of rotatable bonds is 5. The molecular weight excluding hydrogens is 330 g/mol. The van der Waals surface area contributed by atoms with E-state index in [0.29, 0.717) is 6.54 Å². The Labute approximate surface area is 153 Å².